The van der Waals surface area contributed by atoms with Gasteiger partial charge in [-0.1, -0.05) is 17.7 Å². The number of fused-ring (bicyclic) bond motifs is 1. The van der Waals surface area contributed by atoms with Crippen molar-refractivity contribution in [3.63, 3.8) is 0 Å². The maximum atomic E-state index is 12.5. The van der Waals surface area contributed by atoms with Crippen LogP contribution in [-0.2, 0) is 0 Å². The maximum Gasteiger partial charge on any atom is 0.268 e. The first-order chi connectivity index (χ1) is 9.91. The van der Waals surface area contributed by atoms with E-state index in [9.17, 15) is 9.59 Å². The molecule has 7 heteroatoms. The van der Waals surface area contributed by atoms with Gasteiger partial charge in [0.1, 0.15) is 0 Å². The van der Waals surface area contributed by atoms with E-state index in [-0.39, 0.29) is 27.5 Å². The number of nitrogen functional groups attached to an aromatic ring is 2. The molecule has 2 aromatic rings. The van der Waals surface area contributed by atoms with Crippen LogP contribution in [0.4, 0.5) is 17.1 Å². The summed E-state index contributed by atoms with van der Waals surface area (Å²) in [7, 11) is 0. The number of nitrogens with two attached hydrogens (primary N) is 2. The summed E-state index contributed by atoms with van der Waals surface area (Å²) in [4.78, 5) is 26.0. The molecule has 0 aromatic heterocycles. The number of anilines is 3. The van der Waals surface area contributed by atoms with Gasteiger partial charge in [0, 0.05) is 15.8 Å². The Labute approximate surface area is 133 Å². The van der Waals surface area contributed by atoms with E-state index in [2.05, 4.69) is 15.9 Å². The second-order valence-electron chi connectivity index (χ2n) is 4.55. The molecule has 0 atom stereocenters. The molecule has 0 fully saturated rings. The van der Waals surface area contributed by atoms with E-state index in [0.717, 1.165) is 4.90 Å². The van der Waals surface area contributed by atoms with E-state index in [1.54, 1.807) is 24.3 Å². The standard InChI is InChI=1S/C14H9BrClN3O2/c15-8-4-6(17)5-9(16)12(8)19-13(20)7-2-1-3-10(18)11(7)14(19)21/h1-5H,17-18H2. The zero-order chi connectivity index (χ0) is 15.3. The molecule has 1 heterocycles. The summed E-state index contributed by atoms with van der Waals surface area (Å²) < 4.78 is 0.459. The fraction of sp³-hybridized carbons (Fsp3) is 0. The molecule has 3 rings (SSSR count). The third-order valence-corrected chi connectivity index (χ3v) is 4.10. The van der Waals surface area contributed by atoms with Gasteiger partial charge in [0.15, 0.2) is 0 Å². The number of imide groups is 1. The van der Waals surface area contributed by atoms with Crippen LogP contribution in [0.25, 0.3) is 0 Å². The van der Waals surface area contributed by atoms with Gasteiger partial charge in [-0.3, -0.25) is 9.59 Å². The Morgan fingerprint density at radius 1 is 1.10 bits per heavy atom. The van der Waals surface area contributed by atoms with Crippen LogP contribution < -0.4 is 16.4 Å². The lowest BCUT2D eigenvalue weighted by atomic mass is 10.1. The number of rotatable bonds is 1. The van der Waals surface area contributed by atoms with Gasteiger partial charge in [-0.15, -0.1) is 0 Å². The van der Waals surface area contributed by atoms with Crippen molar-refractivity contribution in [2.24, 2.45) is 0 Å². The summed E-state index contributed by atoms with van der Waals surface area (Å²) in [6.07, 6.45) is 0. The highest BCUT2D eigenvalue weighted by atomic mass is 79.9. The highest BCUT2D eigenvalue weighted by molar-refractivity contribution is 9.10. The van der Waals surface area contributed by atoms with Crippen molar-refractivity contribution in [2.75, 3.05) is 16.4 Å². The molecule has 0 unspecified atom stereocenters. The van der Waals surface area contributed by atoms with Crippen LogP contribution in [0.1, 0.15) is 20.7 Å². The highest BCUT2D eigenvalue weighted by Crippen LogP contribution is 2.41. The van der Waals surface area contributed by atoms with E-state index < -0.39 is 11.8 Å². The number of hydrogen-bond acceptors (Lipinski definition) is 4. The average molecular weight is 367 g/mol. The normalized spacial score (nSPS) is 13.7. The molecule has 0 bridgehead atoms. The average Bonchev–Trinajstić information content (AvgIpc) is 2.64. The van der Waals surface area contributed by atoms with E-state index in [1.165, 1.54) is 6.07 Å². The minimum Gasteiger partial charge on any atom is -0.399 e. The van der Waals surface area contributed by atoms with Crippen molar-refractivity contribution >= 4 is 56.4 Å². The number of halogens is 2. The second kappa shape index (κ2) is 4.75. The second-order valence-corrected chi connectivity index (χ2v) is 5.81. The third kappa shape index (κ3) is 1.99. The van der Waals surface area contributed by atoms with Crippen molar-refractivity contribution in [3.8, 4) is 0 Å². The van der Waals surface area contributed by atoms with Gasteiger partial charge >= 0.3 is 0 Å². The van der Waals surface area contributed by atoms with Gasteiger partial charge in [-0.2, -0.15) is 0 Å². The van der Waals surface area contributed by atoms with E-state index >= 15 is 0 Å². The lowest BCUT2D eigenvalue weighted by molar-refractivity contribution is 0.0926. The van der Waals surface area contributed by atoms with Gasteiger partial charge < -0.3 is 11.5 Å². The first-order valence-electron chi connectivity index (χ1n) is 5.93. The first kappa shape index (κ1) is 13.9. The number of hydrogen-bond donors (Lipinski definition) is 2. The Bertz CT molecular complexity index is 784. The SMILES string of the molecule is Nc1cc(Cl)c(N2C(=O)c3cccc(N)c3C2=O)c(Br)c1. The Morgan fingerprint density at radius 3 is 2.43 bits per heavy atom. The molecule has 0 saturated heterocycles. The van der Waals surface area contributed by atoms with Gasteiger partial charge in [0.2, 0.25) is 0 Å². The lowest BCUT2D eigenvalue weighted by Gasteiger charge is -2.18. The summed E-state index contributed by atoms with van der Waals surface area (Å²) in [6.45, 7) is 0. The molecule has 1 aliphatic heterocycles. The van der Waals surface area contributed by atoms with Crippen molar-refractivity contribution < 1.29 is 9.59 Å². The zero-order valence-corrected chi connectivity index (χ0v) is 12.9. The predicted molar refractivity (Wildman–Crippen MR) is 85.6 cm³/mol. The minimum atomic E-state index is -0.500. The fourth-order valence-corrected chi connectivity index (χ4v) is 3.40. The van der Waals surface area contributed by atoms with Crippen LogP contribution in [0.5, 0.6) is 0 Å². The van der Waals surface area contributed by atoms with Crippen molar-refractivity contribution in [1.82, 2.24) is 0 Å². The maximum absolute atomic E-state index is 12.5. The fourth-order valence-electron chi connectivity index (χ4n) is 2.31. The quantitative estimate of drug-likeness (QED) is 0.599. The molecule has 4 N–H and O–H groups in total. The summed E-state index contributed by atoms with van der Waals surface area (Å²) in [5.41, 5.74) is 12.9. The number of amides is 2. The van der Waals surface area contributed by atoms with Crippen LogP contribution in [0.3, 0.4) is 0 Å². The van der Waals surface area contributed by atoms with E-state index in [0.29, 0.717) is 10.2 Å². The molecule has 1 aliphatic rings. The molecule has 0 aliphatic carbocycles. The van der Waals surface area contributed by atoms with E-state index in [4.69, 9.17) is 23.1 Å². The van der Waals surface area contributed by atoms with E-state index in [1.807, 2.05) is 0 Å². The lowest BCUT2D eigenvalue weighted by Crippen LogP contribution is -2.30. The van der Waals surface area contributed by atoms with Gasteiger partial charge in [-0.25, -0.2) is 4.90 Å². The molecular formula is C14H9BrClN3O2. The molecule has 5 nitrogen and oxygen atoms in total. The largest absolute Gasteiger partial charge is 0.399 e. The molecular weight excluding hydrogens is 358 g/mol. The number of benzene rings is 2. The van der Waals surface area contributed by atoms with Crippen molar-refractivity contribution in [1.29, 1.82) is 0 Å². The Morgan fingerprint density at radius 2 is 1.81 bits per heavy atom. The predicted octanol–water partition coefficient (Wildman–Crippen LogP) is 3.07. The van der Waals surface area contributed by atoms with Crippen LogP contribution in [-0.4, -0.2) is 11.8 Å². The number of carbonyl (C=O) groups excluding carboxylic acids is 2. The van der Waals surface area contributed by atoms with Crippen LogP contribution in [0, 0.1) is 0 Å². The number of nitrogens with zero attached hydrogens (tertiary/aromatic N) is 1. The monoisotopic (exact) mass is 365 g/mol. The third-order valence-electron chi connectivity index (χ3n) is 3.21. The van der Waals surface area contributed by atoms with Gasteiger partial charge in [0.05, 0.1) is 21.8 Å². The summed E-state index contributed by atoms with van der Waals surface area (Å²) in [6, 6.07) is 7.82. The molecule has 0 saturated carbocycles. The smallest absolute Gasteiger partial charge is 0.268 e. The first-order valence-corrected chi connectivity index (χ1v) is 7.10. The Hall–Kier alpha value is -2.05. The van der Waals surface area contributed by atoms with Crippen molar-refractivity contribution in [2.45, 2.75) is 0 Å². The summed E-state index contributed by atoms with van der Waals surface area (Å²) >= 11 is 9.43. The Balaban J connectivity index is 2.22. The Kier molecular flexibility index (Phi) is 3.15. The summed E-state index contributed by atoms with van der Waals surface area (Å²) in [5, 5.41) is 0.204. The highest BCUT2D eigenvalue weighted by Gasteiger charge is 2.39. The minimum absolute atomic E-state index is 0.197. The molecule has 21 heavy (non-hydrogen) atoms. The van der Waals surface area contributed by atoms with Crippen LogP contribution >= 0.6 is 27.5 Å². The topological polar surface area (TPSA) is 89.4 Å². The van der Waals surface area contributed by atoms with Gasteiger partial charge in [-0.05, 0) is 40.2 Å². The van der Waals surface area contributed by atoms with Crippen molar-refractivity contribution in [3.05, 3.63) is 51.0 Å². The van der Waals surface area contributed by atoms with Crippen LogP contribution in [0.15, 0.2) is 34.8 Å². The zero-order valence-electron chi connectivity index (χ0n) is 10.6. The molecule has 106 valence electrons. The molecule has 2 aromatic carbocycles. The molecule has 0 radical (unpaired) electrons. The summed E-state index contributed by atoms with van der Waals surface area (Å²) in [5.74, 6) is -0.963. The number of carbonyl (C=O) groups is 2. The molecule has 0 spiro atoms. The molecule has 2 amide bonds. The van der Waals surface area contributed by atoms with Crippen LogP contribution in [0.2, 0.25) is 5.02 Å². The van der Waals surface area contributed by atoms with Gasteiger partial charge in [0.25, 0.3) is 11.8 Å².